The van der Waals surface area contributed by atoms with Crippen LogP contribution >= 0.6 is 0 Å². The average Bonchev–Trinajstić information content (AvgIpc) is 3.13. The van der Waals surface area contributed by atoms with Crippen molar-refractivity contribution in [3.8, 4) is 0 Å². The van der Waals surface area contributed by atoms with E-state index in [1.165, 1.54) is 11.4 Å². The van der Waals surface area contributed by atoms with Crippen LogP contribution in [0.2, 0.25) is 0 Å². The van der Waals surface area contributed by atoms with E-state index in [0.29, 0.717) is 11.5 Å². The third-order valence-corrected chi connectivity index (χ3v) is 4.50. The third kappa shape index (κ3) is 3.64. The summed E-state index contributed by atoms with van der Waals surface area (Å²) in [4.78, 5) is 33.3. The standard InChI is InChI=1S/C21H19N5O3/c1-12-11-13(2)26-21(22-12)24-18(25-26)20(28)29-14(3)19(27)23-17-10-6-8-15-7-4-5-9-16(15)17/h4-11,14H,1-3H3,(H,23,27)/t14-/m0/s1. The van der Waals surface area contributed by atoms with E-state index in [9.17, 15) is 9.59 Å². The lowest BCUT2D eigenvalue weighted by Crippen LogP contribution is -2.30. The van der Waals surface area contributed by atoms with E-state index in [4.69, 9.17) is 4.74 Å². The largest absolute Gasteiger partial charge is 0.447 e. The summed E-state index contributed by atoms with van der Waals surface area (Å²) < 4.78 is 6.73. The molecule has 8 nitrogen and oxygen atoms in total. The number of nitrogens with one attached hydrogen (secondary N) is 1. The molecule has 2 aromatic heterocycles. The molecule has 0 aliphatic carbocycles. The molecule has 1 atom stereocenters. The number of fused-ring (bicyclic) bond motifs is 2. The first-order chi connectivity index (χ1) is 13.9. The zero-order valence-corrected chi connectivity index (χ0v) is 16.2. The highest BCUT2D eigenvalue weighted by Gasteiger charge is 2.23. The van der Waals surface area contributed by atoms with Crippen LogP contribution < -0.4 is 5.32 Å². The lowest BCUT2D eigenvalue weighted by atomic mass is 10.1. The number of carbonyl (C=O) groups is 2. The summed E-state index contributed by atoms with van der Waals surface area (Å²) in [7, 11) is 0. The van der Waals surface area contributed by atoms with Gasteiger partial charge in [0, 0.05) is 22.5 Å². The van der Waals surface area contributed by atoms with Crippen LogP contribution in [0.1, 0.15) is 28.9 Å². The van der Waals surface area contributed by atoms with E-state index in [2.05, 4.69) is 20.4 Å². The van der Waals surface area contributed by atoms with Crippen molar-refractivity contribution in [1.29, 1.82) is 0 Å². The summed E-state index contributed by atoms with van der Waals surface area (Å²) in [5, 5.41) is 8.84. The fourth-order valence-corrected chi connectivity index (χ4v) is 3.09. The first-order valence-electron chi connectivity index (χ1n) is 9.13. The number of benzene rings is 2. The molecule has 4 aromatic rings. The fourth-order valence-electron chi connectivity index (χ4n) is 3.09. The van der Waals surface area contributed by atoms with Crippen LogP contribution in [0, 0.1) is 13.8 Å². The quantitative estimate of drug-likeness (QED) is 0.539. The zero-order chi connectivity index (χ0) is 20.5. The van der Waals surface area contributed by atoms with E-state index in [1.54, 1.807) is 6.07 Å². The van der Waals surface area contributed by atoms with Crippen molar-refractivity contribution in [2.45, 2.75) is 26.9 Å². The maximum absolute atomic E-state index is 12.5. The summed E-state index contributed by atoms with van der Waals surface area (Å²) in [6.45, 7) is 5.17. The summed E-state index contributed by atoms with van der Waals surface area (Å²) in [6, 6.07) is 15.1. The maximum Gasteiger partial charge on any atom is 0.379 e. The van der Waals surface area contributed by atoms with Gasteiger partial charge >= 0.3 is 5.97 Å². The second-order valence-electron chi connectivity index (χ2n) is 6.75. The summed E-state index contributed by atoms with van der Waals surface area (Å²) in [5.41, 5.74) is 2.21. The van der Waals surface area contributed by atoms with Crippen LogP contribution in [0.3, 0.4) is 0 Å². The lowest BCUT2D eigenvalue weighted by molar-refractivity contribution is -0.123. The van der Waals surface area contributed by atoms with Crippen molar-refractivity contribution in [3.63, 3.8) is 0 Å². The van der Waals surface area contributed by atoms with Gasteiger partial charge in [0.15, 0.2) is 6.10 Å². The van der Waals surface area contributed by atoms with Crippen LogP contribution in [-0.2, 0) is 9.53 Å². The Kier molecular flexibility index (Phi) is 4.67. The SMILES string of the molecule is Cc1cc(C)n2nc(C(=O)O[C@@H](C)C(=O)Nc3cccc4ccccc34)nc2n1. The number of carbonyl (C=O) groups excluding carboxylic acids is 2. The number of rotatable bonds is 4. The molecule has 0 fully saturated rings. The molecule has 2 heterocycles. The minimum absolute atomic E-state index is 0.143. The molecule has 146 valence electrons. The van der Waals surface area contributed by atoms with Crippen molar-refractivity contribution < 1.29 is 14.3 Å². The second kappa shape index (κ2) is 7.31. The first kappa shape index (κ1) is 18.5. The smallest absolute Gasteiger partial charge is 0.379 e. The van der Waals surface area contributed by atoms with Gasteiger partial charge in [0.05, 0.1) is 0 Å². The summed E-state index contributed by atoms with van der Waals surface area (Å²) >= 11 is 0. The van der Waals surface area contributed by atoms with Gasteiger partial charge in [-0.15, -0.1) is 5.10 Å². The Labute approximate surface area is 166 Å². The molecule has 2 aromatic carbocycles. The van der Waals surface area contributed by atoms with Crippen molar-refractivity contribution in [1.82, 2.24) is 19.6 Å². The van der Waals surface area contributed by atoms with E-state index < -0.39 is 18.0 Å². The van der Waals surface area contributed by atoms with Gasteiger partial charge in [-0.3, -0.25) is 4.79 Å². The van der Waals surface area contributed by atoms with Crippen molar-refractivity contribution in [3.05, 3.63) is 65.7 Å². The van der Waals surface area contributed by atoms with Crippen LogP contribution in [-0.4, -0.2) is 37.6 Å². The molecule has 0 saturated heterocycles. The molecule has 8 heteroatoms. The number of esters is 1. The molecule has 0 radical (unpaired) electrons. The first-order valence-corrected chi connectivity index (χ1v) is 9.13. The van der Waals surface area contributed by atoms with Gasteiger partial charge in [0.2, 0.25) is 0 Å². The number of anilines is 1. The molecule has 0 spiro atoms. The molecule has 1 amide bonds. The van der Waals surface area contributed by atoms with Crippen LogP contribution in [0.4, 0.5) is 5.69 Å². The number of aryl methyl sites for hydroxylation is 2. The number of hydrogen-bond donors (Lipinski definition) is 1. The lowest BCUT2D eigenvalue weighted by Gasteiger charge is -2.13. The number of ether oxygens (including phenoxy) is 1. The molecule has 0 saturated carbocycles. The van der Waals surface area contributed by atoms with Crippen molar-refractivity contribution in [2.75, 3.05) is 5.32 Å². The molecule has 29 heavy (non-hydrogen) atoms. The van der Waals surface area contributed by atoms with Gasteiger partial charge in [0.1, 0.15) is 0 Å². The Morgan fingerprint density at radius 2 is 1.83 bits per heavy atom. The summed E-state index contributed by atoms with van der Waals surface area (Å²) in [5.74, 6) is -1.06. The van der Waals surface area contributed by atoms with Crippen molar-refractivity contribution in [2.24, 2.45) is 0 Å². The Hall–Kier alpha value is -3.81. The predicted octanol–water partition coefficient (Wildman–Crippen LogP) is 3.08. The van der Waals surface area contributed by atoms with E-state index >= 15 is 0 Å². The van der Waals surface area contributed by atoms with E-state index in [1.807, 2.05) is 56.3 Å². The summed E-state index contributed by atoms with van der Waals surface area (Å²) in [6.07, 6.45) is -1.02. The van der Waals surface area contributed by atoms with Crippen molar-refractivity contribution >= 4 is 34.1 Å². The molecular formula is C21H19N5O3. The molecule has 0 bridgehead atoms. The van der Waals surface area contributed by atoms with E-state index in [-0.39, 0.29) is 5.82 Å². The molecule has 0 aliphatic rings. The highest BCUT2D eigenvalue weighted by Crippen LogP contribution is 2.23. The number of hydrogen-bond acceptors (Lipinski definition) is 6. The fraction of sp³-hybridized carbons (Fsp3) is 0.190. The van der Waals surface area contributed by atoms with Crippen LogP contribution in [0.15, 0.2) is 48.5 Å². The van der Waals surface area contributed by atoms with E-state index in [0.717, 1.165) is 22.2 Å². The third-order valence-electron chi connectivity index (χ3n) is 4.50. The van der Waals surface area contributed by atoms with Gasteiger partial charge < -0.3 is 10.1 Å². The zero-order valence-electron chi connectivity index (χ0n) is 16.2. The number of aromatic nitrogens is 4. The Balaban J connectivity index is 1.50. The van der Waals surface area contributed by atoms with Gasteiger partial charge in [-0.25, -0.2) is 14.3 Å². The Morgan fingerprint density at radius 1 is 1.07 bits per heavy atom. The predicted molar refractivity (Wildman–Crippen MR) is 108 cm³/mol. The monoisotopic (exact) mass is 389 g/mol. The minimum atomic E-state index is -1.02. The Bertz CT molecular complexity index is 1240. The minimum Gasteiger partial charge on any atom is -0.447 e. The maximum atomic E-state index is 12.5. The van der Waals surface area contributed by atoms with Gasteiger partial charge in [-0.2, -0.15) is 4.98 Å². The normalized spacial score (nSPS) is 12.1. The second-order valence-corrected chi connectivity index (χ2v) is 6.75. The van der Waals surface area contributed by atoms with Gasteiger partial charge in [-0.05, 0) is 38.3 Å². The molecule has 0 aliphatic heterocycles. The highest BCUT2D eigenvalue weighted by atomic mass is 16.5. The highest BCUT2D eigenvalue weighted by molar-refractivity contribution is 6.04. The van der Waals surface area contributed by atoms with Gasteiger partial charge in [0.25, 0.3) is 17.5 Å². The van der Waals surface area contributed by atoms with Crippen LogP contribution in [0.5, 0.6) is 0 Å². The molecule has 1 N–H and O–H groups in total. The average molecular weight is 389 g/mol. The molecular weight excluding hydrogens is 370 g/mol. The topological polar surface area (TPSA) is 98.5 Å². The number of nitrogens with zero attached hydrogens (tertiary/aromatic N) is 4. The molecule has 0 unspecified atom stereocenters. The molecule has 4 rings (SSSR count). The Morgan fingerprint density at radius 3 is 2.66 bits per heavy atom. The van der Waals surface area contributed by atoms with Gasteiger partial charge in [-0.1, -0.05) is 36.4 Å². The van der Waals surface area contributed by atoms with Crippen LogP contribution in [0.25, 0.3) is 16.6 Å². The number of amides is 1.